The van der Waals surface area contributed by atoms with Gasteiger partial charge in [-0.3, -0.25) is 14.4 Å². The van der Waals surface area contributed by atoms with Gasteiger partial charge in [-0.1, -0.05) is 12.1 Å². The number of amides is 3. The van der Waals surface area contributed by atoms with Gasteiger partial charge in [-0.15, -0.1) is 37.2 Å². The second-order valence-electron chi connectivity index (χ2n) is 12.1. The third-order valence-corrected chi connectivity index (χ3v) is 8.08. The van der Waals surface area contributed by atoms with Crippen molar-refractivity contribution in [2.45, 2.75) is 39.2 Å². The molecule has 0 fully saturated rings. The minimum absolute atomic E-state index is 0. The summed E-state index contributed by atoms with van der Waals surface area (Å²) in [6, 6.07) is 15.9. The Morgan fingerprint density at radius 1 is 0.902 bits per heavy atom. The van der Waals surface area contributed by atoms with Crippen molar-refractivity contribution in [3.63, 3.8) is 0 Å². The number of H-pyrrole nitrogens is 1. The van der Waals surface area contributed by atoms with E-state index in [2.05, 4.69) is 20.2 Å². The summed E-state index contributed by atoms with van der Waals surface area (Å²) >= 11 is 0. The average molecular weight is 767 g/mol. The summed E-state index contributed by atoms with van der Waals surface area (Å²) in [6.45, 7) is 4.21. The van der Waals surface area contributed by atoms with Gasteiger partial charge < -0.3 is 40.2 Å². The minimum Gasteiger partial charge on any atom is -0.495 e. The van der Waals surface area contributed by atoms with E-state index < -0.39 is 0 Å². The van der Waals surface area contributed by atoms with Crippen LogP contribution in [0, 0.1) is 6.92 Å². The zero-order chi connectivity index (χ0) is 34.8. The topological polar surface area (TPSA) is 146 Å². The van der Waals surface area contributed by atoms with Gasteiger partial charge in [0.15, 0.2) is 0 Å². The van der Waals surface area contributed by atoms with E-state index in [0.717, 1.165) is 31.4 Å². The van der Waals surface area contributed by atoms with E-state index in [9.17, 15) is 14.4 Å². The maximum Gasteiger partial charge on any atom is 0.258 e. The first kappa shape index (κ1) is 45.0. The van der Waals surface area contributed by atoms with E-state index in [-0.39, 0.29) is 61.5 Å². The molecule has 0 aliphatic heterocycles. The van der Waals surface area contributed by atoms with Crippen molar-refractivity contribution in [2.24, 2.45) is 5.73 Å². The van der Waals surface area contributed by atoms with E-state index in [1.165, 1.54) is 12.0 Å². The number of unbranched alkanes of at least 4 members (excludes halogenated alkanes) is 2. The van der Waals surface area contributed by atoms with Crippen molar-refractivity contribution in [1.29, 1.82) is 0 Å². The van der Waals surface area contributed by atoms with Gasteiger partial charge in [-0.25, -0.2) is 4.98 Å². The molecule has 0 radical (unpaired) electrons. The summed E-state index contributed by atoms with van der Waals surface area (Å²) in [7, 11) is 9.01. The van der Waals surface area contributed by atoms with Gasteiger partial charge in [-0.2, -0.15) is 0 Å². The molecule has 0 aliphatic rings. The number of halogens is 3. The quantitative estimate of drug-likeness (QED) is 0.116. The van der Waals surface area contributed by atoms with Gasteiger partial charge in [0.25, 0.3) is 11.8 Å². The molecule has 0 spiro atoms. The van der Waals surface area contributed by atoms with Gasteiger partial charge in [0.1, 0.15) is 22.8 Å². The predicted octanol–water partition coefficient (Wildman–Crippen LogP) is 6.09. The molecule has 51 heavy (non-hydrogen) atoms. The van der Waals surface area contributed by atoms with Crippen LogP contribution in [0.25, 0.3) is 11.0 Å². The molecule has 4 rings (SSSR count). The Kier molecular flexibility index (Phi) is 18.8. The number of rotatable bonds is 16. The number of aryl methyl sites for hydroxylation is 1. The first-order valence-corrected chi connectivity index (χ1v) is 16.1. The first-order valence-electron chi connectivity index (χ1n) is 16.1. The Hall–Kier alpha value is -4.07. The zero-order valence-electron chi connectivity index (χ0n) is 30.0. The molecular weight excluding hydrogens is 717 g/mol. The number of aromatic amines is 1. The second-order valence-corrected chi connectivity index (χ2v) is 12.1. The SMILES string of the molecule is COc1cc(C(=O)N(C)c2ccc(C)cc2OCCCCCC(=O)N(C)CCN(C)C)ccc1NC(=O)c1cccc2[nH]c(CN)nc12.Cl.Cl.Cl. The number of nitrogens with one attached hydrogen (secondary N) is 2. The largest absolute Gasteiger partial charge is 0.495 e. The molecule has 0 saturated carbocycles. The maximum absolute atomic E-state index is 13.7. The van der Waals surface area contributed by atoms with Crippen LogP contribution in [0.15, 0.2) is 54.6 Å². The molecule has 0 atom stereocenters. The molecule has 3 amide bonds. The lowest BCUT2D eigenvalue weighted by atomic mass is 10.1. The fraction of sp³-hybridized carbons (Fsp3) is 0.389. The number of nitrogens with two attached hydrogens (primary N) is 1. The highest BCUT2D eigenvalue weighted by molar-refractivity contribution is 6.12. The van der Waals surface area contributed by atoms with E-state index in [1.807, 2.05) is 52.3 Å². The van der Waals surface area contributed by atoms with Crippen LogP contribution in [-0.4, -0.2) is 92.5 Å². The zero-order valence-corrected chi connectivity index (χ0v) is 32.4. The molecule has 12 nitrogen and oxygen atoms in total. The lowest BCUT2D eigenvalue weighted by Crippen LogP contribution is -2.33. The van der Waals surface area contributed by atoms with Crippen LogP contribution in [0.4, 0.5) is 11.4 Å². The number of hydrogen-bond acceptors (Lipinski definition) is 8. The number of methoxy groups -OCH3 is 1. The van der Waals surface area contributed by atoms with Crippen LogP contribution in [-0.2, 0) is 11.3 Å². The number of hydrogen-bond donors (Lipinski definition) is 3. The number of para-hydroxylation sites is 1. The summed E-state index contributed by atoms with van der Waals surface area (Å²) in [5.41, 5.74) is 9.76. The molecule has 4 N–H and O–H groups in total. The highest BCUT2D eigenvalue weighted by atomic mass is 35.5. The molecule has 0 saturated heterocycles. The van der Waals surface area contributed by atoms with E-state index in [0.29, 0.717) is 70.4 Å². The van der Waals surface area contributed by atoms with Crippen LogP contribution in [0.3, 0.4) is 0 Å². The number of carbonyl (C=O) groups is 3. The maximum atomic E-state index is 13.7. The number of fused-ring (bicyclic) bond motifs is 1. The monoisotopic (exact) mass is 765 g/mol. The standard InChI is InChI=1S/C36H47N7O5.3ClH/c1-24-14-17-29(31(21-24)48-20-9-7-8-13-33(44)42(4)19-18-41(2)3)43(5)36(46)25-15-16-27(30(22-25)47-6)39-35(45)26-11-10-12-28-34(26)40-32(23-37)38-28;;;/h10-12,14-17,21-22H,7-9,13,18-20,23,37H2,1-6H3,(H,38,40)(H,39,45);3*1H. The number of ether oxygens (including phenoxy) is 2. The Morgan fingerprint density at radius 3 is 2.33 bits per heavy atom. The summed E-state index contributed by atoms with van der Waals surface area (Å²) in [5.74, 6) is 1.03. The number of carbonyl (C=O) groups excluding carboxylic acids is 3. The Balaban J connectivity index is 0.00000433. The first-order chi connectivity index (χ1) is 23.0. The molecule has 1 heterocycles. The number of anilines is 2. The summed E-state index contributed by atoms with van der Waals surface area (Å²) in [4.78, 5) is 52.2. The highest BCUT2D eigenvalue weighted by Gasteiger charge is 2.21. The number of nitrogens with zero attached hydrogens (tertiary/aromatic N) is 4. The van der Waals surface area contributed by atoms with Crippen molar-refractivity contribution in [1.82, 2.24) is 19.8 Å². The van der Waals surface area contributed by atoms with Crippen molar-refractivity contribution in [2.75, 3.05) is 65.2 Å². The minimum atomic E-state index is -0.370. The van der Waals surface area contributed by atoms with Gasteiger partial charge in [0.2, 0.25) is 5.91 Å². The number of benzene rings is 3. The van der Waals surface area contributed by atoms with Crippen LogP contribution < -0.4 is 25.4 Å². The third kappa shape index (κ3) is 12.0. The van der Waals surface area contributed by atoms with Crippen molar-refractivity contribution >= 4 is 77.4 Å². The van der Waals surface area contributed by atoms with Crippen LogP contribution >= 0.6 is 37.2 Å². The molecule has 3 aromatic carbocycles. The molecule has 4 aromatic rings. The Labute approximate surface area is 318 Å². The van der Waals surface area contributed by atoms with Crippen molar-refractivity contribution in [3.05, 3.63) is 77.1 Å². The van der Waals surface area contributed by atoms with Crippen LogP contribution in [0.1, 0.15) is 57.8 Å². The summed E-state index contributed by atoms with van der Waals surface area (Å²) in [6.07, 6.45) is 2.95. The lowest BCUT2D eigenvalue weighted by Gasteiger charge is -2.22. The van der Waals surface area contributed by atoms with Crippen LogP contribution in [0.2, 0.25) is 0 Å². The predicted molar refractivity (Wildman–Crippen MR) is 211 cm³/mol. The van der Waals surface area contributed by atoms with Gasteiger partial charge in [0, 0.05) is 39.2 Å². The molecule has 0 unspecified atom stereocenters. The number of imidazole rings is 1. The smallest absolute Gasteiger partial charge is 0.258 e. The third-order valence-electron chi connectivity index (χ3n) is 8.08. The Morgan fingerprint density at radius 2 is 1.65 bits per heavy atom. The van der Waals surface area contributed by atoms with E-state index >= 15 is 0 Å². The van der Waals surface area contributed by atoms with Crippen LogP contribution in [0.5, 0.6) is 11.5 Å². The molecule has 280 valence electrons. The number of aromatic nitrogens is 2. The number of likely N-dealkylation sites (N-methyl/N-ethyl adjacent to an activating group) is 2. The second kappa shape index (κ2) is 21.3. The highest BCUT2D eigenvalue weighted by Crippen LogP contribution is 2.32. The molecule has 1 aromatic heterocycles. The fourth-order valence-corrected chi connectivity index (χ4v) is 5.20. The normalized spacial score (nSPS) is 10.4. The summed E-state index contributed by atoms with van der Waals surface area (Å²) < 4.78 is 11.7. The molecule has 0 aliphatic carbocycles. The molecule has 0 bridgehead atoms. The average Bonchev–Trinajstić information content (AvgIpc) is 3.52. The van der Waals surface area contributed by atoms with Gasteiger partial charge >= 0.3 is 0 Å². The van der Waals surface area contributed by atoms with E-state index in [1.54, 1.807) is 42.3 Å². The molecular formula is C36H50Cl3N7O5. The fourth-order valence-electron chi connectivity index (χ4n) is 5.20. The summed E-state index contributed by atoms with van der Waals surface area (Å²) in [5, 5.41) is 2.88. The van der Waals surface area contributed by atoms with Gasteiger partial charge in [0.05, 0.1) is 42.7 Å². The van der Waals surface area contributed by atoms with Crippen molar-refractivity contribution < 1.29 is 23.9 Å². The van der Waals surface area contributed by atoms with E-state index in [4.69, 9.17) is 15.2 Å². The lowest BCUT2D eigenvalue weighted by molar-refractivity contribution is -0.130. The van der Waals surface area contributed by atoms with Gasteiger partial charge in [-0.05, 0) is 88.3 Å². The molecule has 15 heteroatoms. The van der Waals surface area contributed by atoms with Crippen molar-refractivity contribution in [3.8, 4) is 11.5 Å². The Bertz CT molecular complexity index is 1750.